The molecule has 4 nitrogen and oxygen atoms in total. The van der Waals surface area contributed by atoms with E-state index >= 15 is 0 Å². The van der Waals surface area contributed by atoms with Crippen molar-refractivity contribution in [2.45, 2.75) is 44.1 Å². The summed E-state index contributed by atoms with van der Waals surface area (Å²) in [7, 11) is 0. The fourth-order valence-electron chi connectivity index (χ4n) is 5.37. The zero-order valence-electron chi connectivity index (χ0n) is 19.1. The molecule has 166 valence electrons. The molecule has 0 spiro atoms. The van der Waals surface area contributed by atoms with E-state index in [9.17, 15) is 0 Å². The lowest BCUT2D eigenvalue weighted by molar-refractivity contribution is -0.509. The molecule has 0 unspecified atom stereocenters. The Morgan fingerprint density at radius 1 is 0.788 bits per heavy atom. The predicted octanol–water partition coefficient (Wildman–Crippen LogP) is 5.58. The minimum atomic E-state index is 0.104. The van der Waals surface area contributed by atoms with Gasteiger partial charge in [0.1, 0.15) is 11.4 Å². The number of fused-ring (bicyclic) bond motifs is 1. The molecule has 2 fully saturated rings. The van der Waals surface area contributed by atoms with E-state index in [-0.39, 0.29) is 5.54 Å². The van der Waals surface area contributed by atoms with Crippen molar-refractivity contribution in [2.24, 2.45) is 0 Å². The molecule has 33 heavy (non-hydrogen) atoms. The van der Waals surface area contributed by atoms with Crippen LogP contribution < -0.4 is 10.6 Å². The quantitative estimate of drug-likeness (QED) is 0.456. The van der Waals surface area contributed by atoms with Gasteiger partial charge in [0.15, 0.2) is 0 Å². The molecule has 2 aliphatic rings. The smallest absolute Gasteiger partial charge is 0.138 e. The highest BCUT2D eigenvalue weighted by Crippen LogP contribution is 2.39. The fraction of sp³-hybridized carbons (Fsp3) is 0.310. The first-order chi connectivity index (χ1) is 16.2. The van der Waals surface area contributed by atoms with Gasteiger partial charge >= 0.3 is 0 Å². The third kappa shape index (κ3) is 3.68. The monoisotopic (exact) mass is 435 g/mol. The Morgan fingerprint density at radius 3 is 2.24 bits per heavy atom. The molecule has 1 aliphatic carbocycles. The van der Waals surface area contributed by atoms with E-state index in [0.717, 1.165) is 46.6 Å². The number of aromatic nitrogens is 2. The Hall–Kier alpha value is -3.24. The maximum Gasteiger partial charge on any atom is 0.138 e. The Labute approximate surface area is 195 Å². The van der Waals surface area contributed by atoms with Crippen LogP contribution >= 0.6 is 0 Å². The number of pyridine rings is 2. The average molecular weight is 436 g/mol. The van der Waals surface area contributed by atoms with Gasteiger partial charge in [-0.2, -0.15) is 0 Å². The Kier molecular flexibility index (Phi) is 5.11. The minimum absolute atomic E-state index is 0.104. The number of nitrogens with zero attached hydrogens (tertiary/aromatic N) is 3. The van der Waals surface area contributed by atoms with Crippen molar-refractivity contribution in [1.82, 2.24) is 9.97 Å². The summed E-state index contributed by atoms with van der Waals surface area (Å²) in [6, 6.07) is 24.0. The number of quaternary nitrogens is 1. The van der Waals surface area contributed by atoms with Crippen molar-refractivity contribution < 1.29 is 5.73 Å². The van der Waals surface area contributed by atoms with Crippen molar-refractivity contribution in [3.8, 4) is 22.4 Å². The van der Waals surface area contributed by atoms with Gasteiger partial charge in [0.2, 0.25) is 0 Å². The molecule has 2 aromatic heterocycles. The van der Waals surface area contributed by atoms with E-state index in [0.29, 0.717) is 0 Å². The van der Waals surface area contributed by atoms with E-state index < -0.39 is 0 Å². The van der Waals surface area contributed by atoms with Crippen LogP contribution in [0, 0.1) is 0 Å². The second-order valence-corrected chi connectivity index (χ2v) is 9.71. The Bertz CT molecular complexity index is 1270. The molecule has 2 aromatic carbocycles. The first-order valence-corrected chi connectivity index (χ1v) is 12.3. The number of hydrogen-bond acceptors (Lipinski definition) is 3. The molecule has 0 amide bonds. The molecular weight excluding hydrogens is 404 g/mol. The lowest BCUT2D eigenvalue weighted by atomic mass is 9.72. The summed E-state index contributed by atoms with van der Waals surface area (Å²) in [6.45, 7) is 2.14. The molecule has 6 rings (SSSR count). The van der Waals surface area contributed by atoms with E-state index in [1.807, 2.05) is 6.20 Å². The molecule has 4 heteroatoms. The van der Waals surface area contributed by atoms with Gasteiger partial charge in [-0.15, -0.1) is 0 Å². The number of anilines is 1. The lowest BCUT2D eigenvalue weighted by Gasteiger charge is -2.34. The average Bonchev–Trinajstić information content (AvgIpc) is 2.87. The fourth-order valence-corrected chi connectivity index (χ4v) is 5.37. The highest BCUT2D eigenvalue weighted by atomic mass is 15.2. The summed E-state index contributed by atoms with van der Waals surface area (Å²) < 4.78 is 0. The summed E-state index contributed by atoms with van der Waals surface area (Å²) in [5.41, 5.74) is 11.5. The van der Waals surface area contributed by atoms with Crippen LogP contribution in [0.4, 0.5) is 5.82 Å². The highest BCUT2D eigenvalue weighted by molar-refractivity contribution is 5.97. The van der Waals surface area contributed by atoms with Crippen LogP contribution in [0.2, 0.25) is 0 Å². The molecule has 0 bridgehead atoms. The normalized spacial score (nSPS) is 17.7. The van der Waals surface area contributed by atoms with E-state index in [1.54, 1.807) is 0 Å². The Morgan fingerprint density at radius 2 is 1.55 bits per heavy atom. The van der Waals surface area contributed by atoms with Crippen LogP contribution in [-0.2, 0) is 5.54 Å². The van der Waals surface area contributed by atoms with Gasteiger partial charge in [0.05, 0.1) is 11.2 Å². The number of rotatable bonds is 4. The summed E-state index contributed by atoms with van der Waals surface area (Å²) in [6.07, 6.45) is 9.33. The van der Waals surface area contributed by atoms with Crippen molar-refractivity contribution in [3.63, 3.8) is 0 Å². The first kappa shape index (κ1) is 20.4. The molecule has 0 radical (unpaired) electrons. The third-order valence-corrected chi connectivity index (χ3v) is 7.54. The Balaban J connectivity index is 1.50. The predicted molar refractivity (Wildman–Crippen MR) is 135 cm³/mol. The van der Waals surface area contributed by atoms with Gasteiger partial charge in [-0.1, -0.05) is 54.6 Å². The van der Waals surface area contributed by atoms with Gasteiger partial charge in [0.25, 0.3) is 0 Å². The van der Waals surface area contributed by atoms with Crippen LogP contribution in [0.25, 0.3) is 33.3 Å². The molecule has 0 atom stereocenters. The van der Waals surface area contributed by atoms with Crippen LogP contribution in [0.1, 0.15) is 44.1 Å². The summed E-state index contributed by atoms with van der Waals surface area (Å²) in [5.74, 6) is 1.07. The molecule has 3 heterocycles. The van der Waals surface area contributed by atoms with Gasteiger partial charge in [-0.05, 0) is 43.4 Å². The summed E-state index contributed by atoms with van der Waals surface area (Å²) in [5, 5.41) is 1.14. The van der Waals surface area contributed by atoms with Crippen LogP contribution in [0.15, 0.2) is 72.9 Å². The second kappa shape index (κ2) is 8.27. The minimum Gasteiger partial charge on any atom is -0.356 e. The largest absolute Gasteiger partial charge is 0.356 e. The molecule has 3 N–H and O–H groups in total. The van der Waals surface area contributed by atoms with Gasteiger partial charge < -0.3 is 10.6 Å². The molecule has 1 aliphatic heterocycles. The van der Waals surface area contributed by atoms with Gasteiger partial charge in [-0.25, -0.2) is 9.97 Å². The van der Waals surface area contributed by atoms with Crippen LogP contribution in [0.5, 0.6) is 0 Å². The van der Waals surface area contributed by atoms with Gasteiger partial charge in [-0.3, -0.25) is 0 Å². The van der Waals surface area contributed by atoms with Gasteiger partial charge in [0, 0.05) is 54.2 Å². The lowest BCUT2D eigenvalue weighted by Crippen LogP contribution is -2.73. The van der Waals surface area contributed by atoms with Crippen molar-refractivity contribution in [2.75, 3.05) is 18.0 Å². The highest BCUT2D eigenvalue weighted by Gasteiger charge is 2.38. The zero-order chi connectivity index (χ0) is 22.3. The first-order valence-electron chi connectivity index (χ1n) is 12.3. The SMILES string of the molecule is [NH3+]C1(c2ccc(-c3nc4ccnc(N5CCCCC5)c4cc3-c3ccccc3)cc2)CCC1. The van der Waals surface area contributed by atoms with Crippen molar-refractivity contribution in [1.29, 1.82) is 0 Å². The third-order valence-electron chi connectivity index (χ3n) is 7.54. The van der Waals surface area contributed by atoms with Crippen molar-refractivity contribution >= 4 is 16.7 Å². The standard InChI is InChI=1S/C29H30N4/c30-29(15-7-16-29)23-12-10-22(11-13-23)27-24(21-8-3-1-4-9-21)20-25-26(32-27)14-17-31-28(25)33-18-5-2-6-19-33/h1,3-4,8-14,17,20H,2,5-7,15-16,18-19,30H2/p+1. The topological polar surface area (TPSA) is 56.7 Å². The zero-order valence-corrected chi connectivity index (χ0v) is 19.1. The second-order valence-electron chi connectivity index (χ2n) is 9.71. The molecule has 4 aromatic rings. The molecular formula is C29H31N4+. The van der Waals surface area contributed by atoms with Crippen LogP contribution in [-0.4, -0.2) is 23.1 Å². The number of hydrogen-bond donors (Lipinski definition) is 1. The van der Waals surface area contributed by atoms with E-state index in [4.69, 9.17) is 9.97 Å². The molecule has 1 saturated heterocycles. The molecule has 1 saturated carbocycles. The number of piperidine rings is 1. The van der Waals surface area contributed by atoms with E-state index in [1.165, 1.54) is 49.7 Å². The number of benzene rings is 2. The maximum atomic E-state index is 5.22. The van der Waals surface area contributed by atoms with E-state index in [2.05, 4.69) is 77.4 Å². The van der Waals surface area contributed by atoms with Crippen LogP contribution in [0.3, 0.4) is 0 Å². The summed E-state index contributed by atoms with van der Waals surface area (Å²) >= 11 is 0. The van der Waals surface area contributed by atoms with Crippen molar-refractivity contribution in [3.05, 3.63) is 78.5 Å². The maximum absolute atomic E-state index is 5.22. The summed E-state index contributed by atoms with van der Waals surface area (Å²) in [4.78, 5) is 12.5.